The van der Waals surface area contributed by atoms with E-state index >= 15 is 0 Å². The molecule has 2 aromatic heterocycles. The maximum Gasteiger partial charge on any atom is 0.222 e. The molecule has 2 rings (SSSR count). The predicted molar refractivity (Wildman–Crippen MR) is 92.6 cm³/mol. The van der Waals surface area contributed by atoms with Crippen LogP contribution in [-0.2, 0) is 11.2 Å². The van der Waals surface area contributed by atoms with Crippen molar-refractivity contribution in [3.05, 3.63) is 28.7 Å². The van der Waals surface area contributed by atoms with Crippen LogP contribution in [0.15, 0.2) is 6.07 Å². The molecule has 126 valence electrons. The van der Waals surface area contributed by atoms with Crippen LogP contribution in [0.4, 0.5) is 0 Å². The van der Waals surface area contributed by atoms with Gasteiger partial charge in [0.1, 0.15) is 0 Å². The van der Waals surface area contributed by atoms with Crippen LogP contribution < -0.4 is 0 Å². The molecule has 1 atom stereocenters. The lowest BCUT2D eigenvalue weighted by atomic mass is 10.0. The van der Waals surface area contributed by atoms with E-state index in [1.807, 2.05) is 43.3 Å². The van der Waals surface area contributed by atoms with Crippen molar-refractivity contribution in [3.8, 4) is 0 Å². The first kappa shape index (κ1) is 17.4. The molecule has 1 amide bonds. The van der Waals surface area contributed by atoms with Crippen LogP contribution in [0.25, 0.3) is 5.65 Å². The van der Waals surface area contributed by atoms with Crippen molar-refractivity contribution in [1.29, 1.82) is 0 Å². The van der Waals surface area contributed by atoms with Crippen molar-refractivity contribution in [1.82, 2.24) is 19.5 Å². The molecule has 0 bridgehead atoms. The van der Waals surface area contributed by atoms with Crippen molar-refractivity contribution in [2.75, 3.05) is 7.05 Å². The standard InChI is InChI=1S/C18H28N4O/c1-11(2)14(5)21(7)18(23)9-8-16-13(4)19-17-10-12(3)20-22(17)15(16)6/h10-11,14H,8-9H2,1-7H3/t14-/m0/s1. The van der Waals surface area contributed by atoms with Crippen LogP contribution in [0.2, 0.25) is 0 Å². The second-order valence-corrected chi connectivity index (χ2v) is 6.81. The van der Waals surface area contributed by atoms with Gasteiger partial charge in [-0.15, -0.1) is 0 Å². The Labute approximate surface area is 138 Å². The molecular formula is C18H28N4O. The minimum Gasteiger partial charge on any atom is -0.343 e. The monoisotopic (exact) mass is 316 g/mol. The van der Waals surface area contributed by atoms with Gasteiger partial charge >= 0.3 is 0 Å². The highest BCUT2D eigenvalue weighted by atomic mass is 16.2. The van der Waals surface area contributed by atoms with E-state index in [-0.39, 0.29) is 11.9 Å². The molecule has 2 aromatic rings. The van der Waals surface area contributed by atoms with Gasteiger partial charge in [-0.25, -0.2) is 9.50 Å². The van der Waals surface area contributed by atoms with Crippen LogP contribution in [0.1, 0.15) is 49.8 Å². The Kier molecular flexibility index (Phi) is 5.07. The summed E-state index contributed by atoms with van der Waals surface area (Å²) < 4.78 is 1.88. The van der Waals surface area contributed by atoms with Crippen LogP contribution in [0, 0.1) is 26.7 Å². The zero-order chi connectivity index (χ0) is 17.3. The fourth-order valence-corrected chi connectivity index (χ4v) is 2.89. The molecule has 23 heavy (non-hydrogen) atoms. The first-order chi connectivity index (χ1) is 10.7. The van der Waals surface area contributed by atoms with Gasteiger partial charge in [0.2, 0.25) is 5.91 Å². The second-order valence-electron chi connectivity index (χ2n) is 6.81. The quantitative estimate of drug-likeness (QED) is 0.851. The number of hydrogen-bond donors (Lipinski definition) is 0. The van der Waals surface area contributed by atoms with Gasteiger partial charge in [-0.05, 0) is 45.6 Å². The Bertz CT molecular complexity index is 717. The third-order valence-electron chi connectivity index (χ3n) is 4.84. The molecule has 0 N–H and O–H groups in total. The van der Waals surface area contributed by atoms with Gasteiger partial charge in [-0.1, -0.05) is 13.8 Å². The van der Waals surface area contributed by atoms with Crippen molar-refractivity contribution >= 4 is 11.6 Å². The summed E-state index contributed by atoms with van der Waals surface area (Å²) in [5.41, 5.74) is 5.02. The molecule has 0 aromatic carbocycles. The highest BCUT2D eigenvalue weighted by Gasteiger charge is 2.19. The van der Waals surface area contributed by atoms with Crippen LogP contribution in [0.3, 0.4) is 0 Å². The molecule has 0 aliphatic carbocycles. The molecular weight excluding hydrogens is 288 g/mol. The number of nitrogens with zero attached hydrogens (tertiary/aromatic N) is 4. The topological polar surface area (TPSA) is 50.5 Å². The van der Waals surface area contributed by atoms with E-state index in [1.54, 1.807) is 0 Å². The number of aryl methyl sites for hydroxylation is 3. The summed E-state index contributed by atoms with van der Waals surface area (Å²) in [5, 5.41) is 4.49. The average Bonchev–Trinajstić information content (AvgIpc) is 2.85. The maximum absolute atomic E-state index is 12.4. The summed E-state index contributed by atoms with van der Waals surface area (Å²) in [6, 6.07) is 2.23. The third-order valence-corrected chi connectivity index (χ3v) is 4.84. The number of carbonyl (C=O) groups excluding carboxylic acids is 1. The van der Waals surface area contributed by atoms with Gasteiger partial charge in [-0.3, -0.25) is 4.79 Å². The van der Waals surface area contributed by atoms with Crippen LogP contribution in [0.5, 0.6) is 0 Å². The molecule has 0 saturated heterocycles. The number of amides is 1. The Morgan fingerprint density at radius 3 is 2.52 bits per heavy atom. The SMILES string of the molecule is Cc1cc2nc(C)c(CCC(=O)N(C)[C@@H](C)C(C)C)c(C)n2n1. The number of carbonyl (C=O) groups is 1. The van der Waals surface area contributed by atoms with Gasteiger partial charge in [-0.2, -0.15) is 5.10 Å². The molecule has 2 heterocycles. The second kappa shape index (κ2) is 6.69. The Morgan fingerprint density at radius 2 is 1.91 bits per heavy atom. The highest BCUT2D eigenvalue weighted by molar-refractivity contribution is 5.76. The van der Waals surface area contributed by atoms with Crippen molar-refractivity contribution in [2.45, 2.75) is 60.4 Å². The minimum atomic E-state index is 0.182. The van der Waals surface area contributed by atoms with E-state index in [1.165, 1.54) is 0 Å². The summed E-state index contributed by atoms with van der Waals surface area (Å²) in [7, 11) is 1.89. The predicted octanol–water partition coefficient (Wildman–Crippen LogP) is 3.09. The highest BCUT2D eigenvalue weighted by Crippen LogP contribution is 2.18. The van der Waals surface area contributed by atoms with Gasteiger partial charge in [0.05, 0.1) is 5.69 Å². The minimum absolute atomic E-state index is 0.182. The number of rotatable bonds is 5. The Balaban J connectivity index is 2.17. The van der Waals surface area contributed by atoms with E-state index in [0.29, 0.717) is 18.8 Å². The summed E-state index contributed by atoms with van der Waals surface area (Å²) >= 11 is 0. The fourth-order valence-electron chi connectivity index (χ4n) is 2.89. The van der Waals surface area contributed by atoms with Crippen LogP contribution in [-0.4, -0.2) is 38.5 Å². The van der Waals surface area contributed by atoms with Gasteiger partial charge in [0.15, 0.2) is 5.65 Å². The van der Waals surface area contributed by atoms with Crippen molar-refractivity contribution < 1.29 is 4.79 Å². The van der Waals surface area contributed by atoms with Crippen molar-refractivity contribution in [2.24, 2.45) is 5.92 Å². The zero-order valence-electron chi connectivity index (χ0n) is 15.3. The van der Waals surface area contributed by atoms with E-state index in [2.05, 4.69) is 30.9 Å². The largest absolute Gasteiger partial charge is 0.343 e. The normalized spacial score (nSPS) is 12.9. The summed E-state index contributed by atoms with van der Waals surface area (Å²) in [5.74, 6) is 0.638. The lowest BCUT2D eigenvalue weighted by Gasteiger charge is -2.28. The first-order valence-corrected chi connectivity index (χ1v) is 8.30. The van der Waals surface area contributed by atoms with Gasteiger partial charge < -0.3 is 4.90 Å². The van der Waals surface area contributed by atoms with Crippen LogP contribution >= 0.6 is 0 Å². The maximum atomic E-state index is 12.4. The Morgan fingerprint density at radius 1 is 1.26 bits per heavy atom. The van der Waals surface area contributed by atoms with E-state index in [9.17, 15) is 4.79 Å². The third kappa shape index (κ3) is 3.54. The lowest BCUT2D eigenvalue weighted by Crippen LogP contribution is -2.38. The molecule has 0 spiro atoms. The number of hydrogen-bond acceptors (Lipinski definition) is 3. The van der Waals surface area contributed by atoms with E-state index in [0.717, 1.165) is 28.3 Å². The Hall–Kier alpha value is -1.91. The average molecular weight is 316 g/mol. The molecule has 0 unspecified atom stereocenters. The molecule has 0 aliphatic rings. The molecule has 0 fully saturated rings. The summed E-state index contributed by atoms with van der Waals surface area (Å²) in [6.07, 6.45) is 1.20. The number of aromatic nitrogens is 3. The molecule has 0 saturated carbocycles. The zero-order valence-corrected chi connectivity index (χ0v) is 15.3. The van der Waals surface area contributed by atoms with E-state index < -0.39 is 0 Å². The first-order valence-electron chi connectivity index (χ1n) is 8.30. The molecule has 0 aliphatic heterocycles. The molecule has 5 nitrogen and oxygen atoms in total. The summed E-state index contributed by atoms with van der Waals surface area (Å²) in [6.45, 7) is 12.4. The van der Waals surface area contributed by atoms with Crippen molar-refractivity contribution in [3.63, 3.8) is 0 Å². The molecule has 5 heteroatoms. The van der Waals surface area contributed by atoms with E-state index in [4.69, 9.17) is 0 Å². The van der Waals surface area contributed by atoms with Gasteiger partial charge in [0.25, 0.3) is 0 Å². The summed E-state index contributed by atoms with van der Waals surface area (Å²) in [4.78, 5) is 18.9. The lowest BCUT2D eigenvalue weighted by molar-refractivity contribution is -0.132. The smallest absolute Gasteiger partial charge is 0.222 e. The number of fused-ring (bicyclic) bond motifs is 1. The van der Waals surface area contributed by atoms with Gasteiger partial charge in [0, 0.05) is 37.0 Å². The molecule has 0 radical (unpaired) electrons. The fraction of sp³-hybridized carbons (Fsp3) is 0.611.